The molecule has 1 atom stereocenters. The summed E-state index contributed by atoms with van der Waals surface area (Å²) in [6.45, 7) is 7.21. The third-order valence-corrected chi connectivity index (χ3v) is 9.28. The number of halogens is 1. The number of aldehydes is 1. The lowest BCUT2D eigenvalue weighted by Gasteiger charge is -2.47. The molecule has 0 amide bonds. The Balaban J connectivity index is 1.54. The number of rotatable bonds is 5. The van der Waals surface area contributed by atoms with Crippen LogP contribution in [0.3, 0.4) is 0 Å². The van der Waals surface area contributed by atoms with Crippen molar-refractivity contribution >= 4 is 27.9 Å². The minimum absolute atomic E-state index is 0.0560. The summed E-state index contributed by atoms with van der Waals surface area (Å²) in [7, 11) is -3.99. The van der Waals surface area contributed by atoms with Crippen molar-refractivity contribution < 1.29 is 17.6 Å². The first-order chi connectivity index (χ1) is 17.0. The average molecular weight is 508 g/mol. The Morgan fingerprint density at radius 2 is 1.92 bits per heavy atom. The van der Waals surface area contributed by atoms with E-state index >= 15 is 0 Å². The predicted octanol–water partition coefficient (Wildman–Crippen LogP) is 5.10. The van der Waals surface area contributed by atoms with Gasteiger partial charge in [-0.25, -0.2) is 12.8 Å². The van der Waals surface area contributed by atoms with E-state index in [0.717, 1.165) is 34.7 Å². The van der Waals surface area contributed by atoms with Crippen LogP contribution in [0.5, 0.6) is 0 Å². The number of hydrogen-bond donors (Lipinski definition) is 1. The van der Waals surface area contributed by atoms with Gasteiger partial charge in [-0.05, 0) is 65.8 Å². The lowest BCUT2D eigenvalue weighted by molar-refractivity contribution is -0.109. The van der Waals surface area contributed by atoms with Gasteiger partial charge in [0, 0.05) is 24.9 Å². The van der Waals surface area contributed by atoms with Gasteiger partial charge in [0.1, 0.15) is 12.1 Å². The van der Waals surface area contributed by atoms with Gasteiger partial charge in [-0.2, -0.15) is 5.10 Å². The molecule has 1 saturated heterocycles. The summed E-state index contributed by atoms with van der Waals surface area (Å²) < 4.78 is 41.9. The molecule has 188 valence electrons. The van der Waals surface area contributed by atoms with E-state index in [1.807, 2.05) is 17.0 Å². The quantitative estimate of drug-likeness (QED) is 0.486. The number of nitrogens with zero attached hydrogens (tertiary/aromatic N) is 2. The Morgan fingerprint density at radius 3 is 2.61 bits per heavy atom. The fourth-order valence-corrected chi connectivity index (χ4v) is 6.93. The molecule has 36 heavy (non-hydrogen) atoms. The van der Waals surface area contributed by atoms with Crippen molar-refractivity contribution in [2.75, 3.05) is 18.0 Å². The van der Waals surface area contributed by atoms with Crippen molar-refractivity contribution in [3.05, 3.63) is 76.9 Å². The summed E-state index contributed by atoms with van der Waals surface area (Å²) in [4.78, 5) is 13.8. The number of piperidine rings is 1. The molecule has 6 nitrogen and oxygen atoms in total. The number of hydrogen-bond acceptors (Lipinski definition) is 5. The molecule has 2 heterocycles. The third-order valence-electron chi connectivity index (χ3n) is 7.48. The number of fused-ring (bicyclic) bond motifs is 2. The van der Waals surface area contributed by atoms with Crippen LogP contribution in [0.25, 0.3) is 6.08 Å². The highest BCUT2D eigenvalue weighted by Gasteiger charge is 2.43. The number of carbonyl (C=O) groups is 1. The van der Waals surface area contributed by atoms with Crippen LogP contribution in [0.4, 0.5) is 10.1 Å². The normalized spacial score (nSPS) is 19.9. The highest BCUT2D eigenvalue weighted by atomic mass is 32.2. The maximum atomic E-state index is 14.4. The Hall–Kier alpha value is -3.26. The Labute approximate surface area is 211 Å². The summed E-state index contributed by atoms with van der Waals surface area (Å²) in [6, 6.07) is 10.8. The second-order valence-corrected chi connectivity index (χ2v) is 12.8. The second kappa shape index (κ2) is 8.69. The van der Waals surface area contributed by atoms with E-state index in [1.165, 1.54) is 6.07 Å². The third kappa shape index (κ3) is 4.17. The topological polar surface area (TPSA) is 83.1 Å². The zero-order valence-electron chi connectivity index (χ0n) is 20.7. The first-order valence-corrected chi connectivity index (χ1v) is 13.6. The molecule has 1 aliphatic heterocycles. The smallest absolute Gasteiger partial charge is 0.208 e. The fourth-order valence-electron chi connectivity index (χ4n) is 5.45. The molecule has 0 bridgehead atoms. The lowest BCUT2D eigenvalue weighted by atomic mass is 9.66. The lowest BCUT2D eigenvalue weighted by Crippen LogP contribution is -2.47. The number of anilines is 1. The van der Waals surface area contributed by atoms with E-state index in [9.17, 15) is 17.6 Å². The van der Waals surface area contributed by atoms with E-state index in [-0.39, 0.29) is 15.2 Å². The van der Waals surface area contributed by atoms with Crippen molar-refractivity contribution in [1.29, 1.82) is 0 Å². The summed E-state index contributed by atoms with van der Waals surface area (Å²) in [5, 5.41) is 7.16. The maximum absolute atomic E-state index is 14.4. The van der Waals surface area contributed by atoms with Gasteiger partial charge in [0.25, 0.3) is 0 Å². The van der Waals surface area contributed by atoms with Crippen LogP contribution >= 0.6 is 0 Å². The molecule has 1 aromatic heterocycles. The van der Waals surface area contributed by atoms with Crippen LogP contribution in [0.15, 0.2) is 64.0 Å². The number of nitrogens with one attached hydrogen (secondary N) is 1. The number of carbonyl (C=O) groups excluding carboxylic acids is 1. The van der Waals surface area contributed by atoms with E-state index < -0.39 is 21.1 Å². The first kappa shape index (κ1) is 24.4. The maximum Gasteiger partial charge on any atom is 0.208 e. The minimum atomic E-state index is -3.99. The molecule has 0 radical (unpaired) electrons. The zero-order chi connectivity index (χ0) is 25.7. The molecular weight excluding hydrogens is 477 g/mol. The van der Waals surface area contributed by atoms with Crippen molar-refractivity contribution in [2.24, 2.45) is 5.41 Å². The van der Waals surface area contributed by atoms with Crippen molar-refractivity contribution in [3.63, 3.8) is 0 Å². The molecule has 2 aliphatic rings. The molecule has 0 saturated carbocycles. The van der Waals surface area contributed by atoms with Gasteiger partial charge < -0.3 is 9.69 Å². The summed E-state index contributed by atoms with van der Waals surface area (Å²) >= 11 is 0. The van der Waals surface area contributed by atoms with E-state index in [2.05, 4.69) is 37.0 Å². The molecule has 2 aromatic carbocycles. The second-order valence-electron chi connectivity index (χ2n) is 10.9. The van der Waals surface area contributed by atoms with Gasteiger partial charge in [0.05, 0.1) is 27.4 Å². The summed E-state index contributed by atoms with van der Waals surface area (Å²) in [5.41, 5.74) is 4.05. The van der Waals surface area contributed by atoms with E-state index in [1.54, 1.807) is 24.4 Å². The SMILES string of the molecule is CC(C)(C)c1ccc(S(=O)(=O)c2cc(F)ccc2N2CCC3=Cc4[nH]ncc4C[C@]3(CC=O)C2)cc1. The molecule has 0 unspecified atom stereocenters. The van der Waals surface area contributed by atoms with Gasteiger partial charge in [0.2, 0.25) is 9.84 Å². The molecule has 1 aliphatic carbocycles. The number of aromatic nitrogens is 2. The molecule has 3 aromatic rings. The van der Waals surface area contributed by atoms with Gasteiger partial charge in [0.15, 0.2) is 0 Å². The summed E-state index contributed by atoms with van der Waals surface area (Å²) in [6.07, 6.45) is 6.41. The predicted molar refractivity (Wildman–Crippen MR) is 137 cm³/mol. The Morgan fingerprint density at radius 1 is 1.17 bits per heavy atom. The molecular formula is C28H30FN3O3S. The highest BCUT2D eigenvalue weighted by molar-refractivity contribution is 7.91. The van der Waals surface area contributed by atoms with Gasteiger partial charge in [-0.15, -0.1) is 0 Å². The van der Waals surface area contributed by atoms with E-state index in [4.69, 9.17) is 0 Å². The van der Waals surface area contributed by atoms with Crippen LogP contribution in [0.1, 0.15) is 50.4 Å². The summed E-state index contributed by atoms with van der Waals surface area (Å²) in [5.74, 6) is -0.607. The monoisotopic (exact) mass is 507 g/mol. The Bertz CT molecular complexity index is 1450. The van der Waals surface area contributed by atoms with Crippen LogP contribution in [0, 0.1) is 11.2 Å². The van der Waals surface area contributed by atoms with E-state index in [0.29, 0.717) is 38.0 Å². The van der Waals surface area contributed by atoms with Crippen LogP contribution in [-0.4, -0.2) is 38.0 Å². The van der Waals surface area contributed by atoms with Crippen molar-refractivity contribution in [2.45, 2.75) is 55.2 Å². The van der Waals surface area contributed by atoms with Crippen molar-refractivity contribution in [3.8, 4) is 0 Å². The van der Waals surface area contributed by atoms with Crippen LogP contribution in [0.2, 0.25) is 0 Å². The van der Waals surface area contributed by atoms with Crippen molar-refractivity contribution in [1.82, 2.24) is 10.2 Å². The molecule has 1 fully saturated rings. The average Bonchev–Trinajstić information content (AvgIpc) is 3.28. The minimum Gasteiger partial charge on any atom is -0.369 e. The molecule has 5 rings (SSSR count). The van der Waals surface area contributed by atoms with Gasteiger partial charge in [-0.1, -0.05) is 38.5 Å². The standard InChI is InChI=1S/C28H30FN3O3S/c1-27(2,3)20-4-7-23(8-5-20)36(34,35)26-15-22(29)6-9-25(26)32-12-10-21-14-24-19(17-30-31-24)16-28(21,18-32)11-13-33/h4-9,13-15,17H,10-12,16,18H2,1-3H3,(H,30,31)/t28-/m1/s1. The Kier molecular flexibility index (Phi) is 5.90. The van der Waals surface area contributed by atoms with Gasteiger partial charge >= 0.3 is 0 Å². The number of aromatic amines is 1. The van der Waals surface area contributed by atoms with Crippen LogP contribution < -0.4 is 4.90 Å². The number of sulfone groups is 1. The number of H-pyrrole nitrogens is 1. The molecule has 0 spiro atoms. The highest BCUT2D eigenvalue weighted by Crippen LogP contribution is 2.47. The molecule has 8 heteroatoms. The fraction of sp³-hybridized carbons (Fsp3) is 0.357. The zero-order valence-corrected chi connectivity index (χ0v) is 21.5. The number of benzene rings is 2. The van der Waals surface area contributed by atoms with Gasteiger partial charge in [-0.3, -0.25) is 5.10 Å². The molecule has 1 N–H and O–H groups in total. The van der Waals surface area contributed by atoms with Crippen LogP contribution in [-0.2, 0) is 26.5 Å². The largest absolute Gasteiger partial charge is 0.369 e. The first-order valence-electron chi connectivity index (χ1n) is 12.1.